The summed E-state index contributed by atoms with van der Waals surface area (Å²) in [5.74, 6) is 0.651. The summed E-state index contributed by atoms with van der Waals surface area (Å²) in [6.07, 6.45) is -4.47. The Hall–Kier alpha value is -4.34. The number of nitrogens with zero attached hydrogens (tertiary/aromatic N) is 3. The lowest BCUT2D eigenvalue weighted by molar-refractivity contribution is -0.137. The van der Waals surface area contributed by atoms with Crippen molar-refractivity contribution >= 4 is 11.6 Å². The van der Waals surface area contributed by atoms with E-state index in [1.165, 1.54) is 7.11 Å². The quantitative estimate of drug-likeness (QED) is 0.420. The molecule has 34 heavy (non-hydrogen) atoms. The van der Waals surface area contributed by atoms with Gasteiger partial charge in [0.15, 0.2) is 5.82 Å². The number of halogens is 3. The molecule has 0 atom stereocenters. The van der Waals surface area contributed by atoms with Crippen molar-refractivity contribution in [2.45, 2.75) is 6.18 Å². The van der Waals surface area contributed by atoms with E-state index in [0.29, 0.717) is 22.9 Å². The van der Waals surface area contributed by atoms with Gasteiger partial charge in [0.25, 0.3) is 5.91 Å². The van der Waals surface area contributed by atoms with Crippen LogP contribution in [0, 0.1) is 0 Å². The Morgan fingerprint density at radius 2 is 1.65 bits per heavy atom. The summed E-state index contributed by atoms with van der Waals surface area (Å²) in [7, 11) is 3.03. The number of carbonyl (C=O) groups is 1. The molecule has 0 saturated heterocycles. The van der Waals surface area contributed by atoms with E-state index in [4.69, 9.17) is 9.47 Å². The first-order valence-corrected chi connectivity index (χ1v) is 10.0. The van der Waals surface area contributed by atoms with Gasteiger partial charge in [-0.3, -0.25) is 4.79 Å². The summed E-state index contributed by atoms with van der Waals surface area (Å²) in [4.78, 5) is 17.0. The van der Waals surface area contributed by atoms with E-state index in [9.17, 15) is 18.0 Å². The van der Waals surface area contributed by atoms with Crippen LogP contribution >= 0.6 is 0 Å². The van der Waals surface area contributed by atoms with Crippen LogP contribution in [0.3, 0.4) is 0 Å². The van der Waals surface area contributed by atoms with E-state index >= 15 is 0 Å². The third kappa shape index (κ3) is 4.85. The molecule has 1 N–H and O–H groups in total. The molecule has 174 valence electrons. The van der Waals surface area contributed by atoms with Crippen molar-refractivity contribution in [2.24, 2.45) is 0 Å². The molecule has 1 amide bonds. The number of ether oxygens (including phenoxy) is 2. The topological polar surface area (TPSA) is 78.3 Å². The summed E-state index contributed by atoms with van der Waals surface area (Å²) in [5, 5.41) is 7.05. The van der Waals surface area contributed by atoms with Crippen molar-refractivity contribution in [3.05, 3.63) is 83.9 Å². The minimum absolute atomic E-state index is 0.0970. The fourth-order valence-electron chi connectivity index (χ4n) is 3.22. The van der Waals surface area contributed by atoms with E-state index in [0.717, 1.165) is 29.8 Å². The number of methoxy groups -OCH3 is 2. The molecule has 0 bridgehead atoms. The third-order valence-electron chi connectivity index (χ3n) is 4.94. The summed E-state index contributed by atoms with van der Waals surface area (Å²) >= 11 is 0. The maximum Gasteiger partial charge on any atom is 0.416 e. The minimum Gasteiger partial charge on any atom is -0.497 e. The summed E-state index contributed by atoms with van der Waals surface area (Å²) in [6, 6.07) is 18.2. The van der Waals surface area contributed by atoms with Crippen LogP contribution in [0.15, 0.2) is 72.8 Å². The van der Waals surface area contributed by atoms with Crippen molar-refractivity contribution in [3.8, 4) is 28.8 Å². The fraction of sp³-hybridized carbons (Fsp3) is 0.125. The van der Waals surface area contributed by atoms with Gasteiger partial charge in [0, 0.05) is 16.8 Å². The zero-order valence-electron chi connectivity index (χ0n) is 18.1. The van der Waals surface area contributed by atoms with Crippen molar-refractivity contribution in [3.63, 3.8) is 0 Å². The number of rotatable bonds is 6. The second-order valence-electron chi connectivity index (χ2n) is 7.14. The highest BCUT2D eigenvalue weighted by molar-refractivity contribution is 6.04. The van der Waals surface area contributed by atoms with Crippen LogP contribution in [-0.2, 0) is 6.18 Å². The molecule has 0 saturated carbocycles. The highest BCUT2D eigenvalue weighted by Gasteiger charge is 2.30. The number of hydrogen-bond acceptors (Lipinski definition) is 5. The number of aromatic nitrogens is 3. The maximum atomic E-state index is 12.8. The average Bonchev–Trinajstić information content (AvgIpc) is 3.28. The smallest absolute Gasteiger partial charge is 0.416 e. The molecule has 0 fully saturated rings. The standard InChI is InChI=1S/C24H19F3N4O3/c1-33-20-12-8-15(9-13-20)21-29-23(34-2)30-31(21)19-5-3-4-18(14-19)28-22(32)16-6-10-17(11-7-16)24(25,26)27/h3-14H,1-2H3,(H,28,32). The third-order valence-corrected chi connectivity index (χ3v) is 4.94. The molecule has 4 rings (SSSR count). The largest absolute Gasteiger partial charge is 0.497 e. The van der Waals surface area contributed by atoms with Crippen molar-refractivity contribution in [1.29, 1.82) is 0 Å². The number of nitrogens with one attached hydrogen (secondary N) is 1. The van der Waals surface area contributed by atoms with E-state index in [1.54, 1.807) is 48.2 Å². The van der Waals surface area contributed by atoms with Gasteiger partial charge in [0.2, 0.25) is 0 Å². The monoisotopic (exact) mass is 468 g/mol. The molecule has 1 heterocycles. The zero-order valence-corrected chi connectivity index (χ0v) is 18.1. The van der Waals surface area contributed by atoms with Crippen LogP contribution < -0.4 is 14.8 Å². The lowest BCUT2D eigenvalue weighted by Gasteiger charge is -2.10. The Bertz CT molecular complexity index is 1300. The lowest BCUT2D eigenvalue weighted by Crippen LogP contribution is -2.13. The second-order valence-corrected chi connectivity index (χ2v) is 7.14. The van der Waals surface area contributed by atoms with Crippen molar-refractivity contribution in [2.75, 3.05) is 19.5 Å². The van der Waals surface area contributed by atoms with Gasteiger partial charge in [-0.05, 0) is 66.7 Å². The van der Waals surface area contributed by atoms with Gasteiger partial charge < -0.3 is 14.8 Å². The number of alkyl halides is 3. The molecule has 4 aromatic rings. The summed E-state index contributed by atoms with van der Waals surface area (Å²) in [6.45, 7) is 0. The number of amides is 1. The van der Waals surface area contributed by atoms with Crippen LogP contribution in [-0.4, -0.2) is 34.9 Å². The Morgan fingerprint density at radius 3 is 2.26 bits per heavy atom. The molecule has 0 spiro atoms. The summed E-state index contributed by atoms with van der Waals surface area (Å²) in [5.41, 5.74) is 1.05. The van der Waals surface area contributed by atoms with Gasteiger partial charge in [-0.1, -0.05) is 6.07 Å². The van der Waals surface area contributed by atoms with Gasteiger partial charge >= 0.3 is 12.2 Å². The van der Waals surface area contributed by atoms with Gasteiger partial charge in [-0.25, -0.2) is 4.68 Å². The van der Waals surface area contributed by atoms with Crippen LogP contribution in [0.1, 0.15) is 15.9 Å². The van der Waals surface area contributed by atoms with Crippen LogP contribution in [0.5, 0.6) is 11.8 Å². The number of anilines is 1. The first-order valence-electron chi connectivity index (χ1n) is 10.0. The summed E-state index contributed by atoms with van der Waals surface area (Å²) < 4.78 is 50.2. The molecular formula is C24H19F3N4O3. The lowest BCUT2D eigenvalue weighted by atomic mass is 10.1. The van der Waals surface area contributed by atoms with Gasteiger partial charge in [0.1, 0.15) is 5.75 Å². The molecule has 0 aliphatic carbocycles. The molecule has 1 aromatic heterocycles. The Morgan fingerprint density at radius 1 is 0.941 bits per heavy atom. The second kappa shape index (κ2) is 9.26. The molecule has 0 unspecified atom stereocenters. The molecule has 10 heteroatoms. The van der Waals surface area contributed by atoms with E-state index in [2.05, 4.69) is 15.4 Å². The van der Waals surface area contributed by atoms with Gasteiger partial charge in [-0.2, -0.15) is 18.2 Å². The predicted octanol–water partition coefficient (Wildman–Crippen LogP) is 5.22. The first kappa shape index (κ1) is 22.8. The van der Waals surface area contributed by atoms with Crippen molar-refractivity contribution < 1.29 is 27.4 Å². The van der Waals surface area contributed by atoms with Crippen molar-refractivity contribution in [1.82, 2.24) is 14.8 Å². The molecule has 0 radical (unpaired) electrons. The van der Waals surface area contributed by atoms with Crippen LogP contribution in [0.2, 0.25) is 0 Å². The maximum absolute atomic E-state index is 12.8. The molecule has 3 aromatic carbocycles. The highest BCUT2D eigenvalue weighted by Crippen LogP contribution is 2.29. The Labute approximate surface area is 192 Å². The van der Waals surface area contributed by atoms with E-state index in [-0.39, 0.29) is 11.6 Å². The molecule has 7 nitrogen and oxygen atoms in total. The SMILES string of the molecule is COc1ccc(-c2nc(OC)nn2-c2cccc(NC(=O)c3ccc(C(F)(F)F)cc3)c2)cc1. The first-order chi connectivity index (χ1) is 16.3. The number of carbonyl (C=O) groups excluding carboxylic acids is 1. The normalized spacial score (nSPS) is 11.2. The fourth-order valence-corrected chi connectivity index (χ4v) is 3.22. The van der Waals surface area contributed by atoms with E-state index < -0.39 is 17.6 Å². The van der Waals surface area contributed by atoms with Gasteiger partial charge in [-0.15, -0.1) is 5.10 Å². The van der Waals surface area contributed by atoms with E-state index in [1.807, 2.05) is 12.1 Å². The average molecular weight is 468 g/mol. The Balaban J connectivity index is 1.61. The Kier molecular flexibility index (Phi) is 6.22. The number of benzene rings is 3. The minimum atomic E-state index is -4.47. The predicted molar refractivity (Wildman–Crippen MR) is 119 cm³/mol. The molecule has 0 aliphatic rings. The molecular weight excluding hydrogens is 449 g/mol. The highest BCUT2D eigenvalue weighted by atomic mass is 19.4. The van der Waals surface area contributed by atoms with Crippen LogP contribution in [0.4, 0.5) is 18.9 Å². The van der Waals surface area contributed by atoms with Crippen LogP contribution in [0.25, 0.3) is 17.1 Å². The zero-order chi connectivity index (χ0) is 24.3. The van der Waals surface area contributed by atoms with Gasteiger partial charge in [0.05, 0.1) is 25.5 Å². The number of hydrogen-bond donors (Lipinski definition) is 1. The molecule has 0 aliphatic heterocycles.